The Labute approximate surface area is 318 Å². The second-order valence-corrected chi connectivity index (χ2v) is 14.3. The molecule has 2 atom stereocenters. The van der Waals surface area contributed by atoms with Gasteiger partial charge in [-0.2, -0.15) is 0 Å². The lowest BCUT2D eigenvalue weighted by Gasteiger charge is -2.30. The Hall–Kier alpha value is -6.64. The van der Waals surface area contributed by atoms with Crippen molar-refractivity contribution >= 4 is 44.3 Å². The van der Waals surface area contributed by atoms with Gasteiger partial charge in [-0.25, -0.2) is 0 Å². The molecular formula is C52H42N2. The van der Waals surface area contributed by atoms with E-state index < -0.39 is 0 Å². The van der Waals surface area contributed by atoms with E-state index in [1.165, 1.54) is 60.7 Å². The van der Waals surface area contributed by atoms with Crippen LogP contribution in [0.3, 0.4) is 0 Å². The third kappa shape index (κ3) is 6.37. The van der Waals surface area contributed by atoms with Gasteiger partial charge in [0.05, 0.1) is 5.69 Å². The third-order valence-electron chi connectivity index (χ3n) is 10.9. The van der Waals surface area contributed by atoms with Gasteiger partial charge in [-0.15, -0.1) is 0 Å². The average Bonchev–Trinajstić information content (AvgIpc) is 3.24. The molecule has 0 bridgehead atoms. The summed E-state index contributed by atoms with van der Waals surface area (Å²) in [6.45, 7) is 2.34. The molecule has 0 radical (unpaired) electrons. The minimum Gasteiger partial charge on any atom is -0.344 e. The summed E-state index contributed by atoms with van der Waals surface area (Å²) in [4.78, 5) is 4.73. The molecule has 1 aliphatic rings. The highest BCUT2D eigenvalue weighted by molar-refractivity contribution is 6.11. The third-order valence-corrected chi connectivity index (χ3v) is 10.9. The van der Waals surface area contributed by atoms with Crippen LogP contribution >= 0.6 is 0 Å². The average molecular weight is 695 g/mol. The van der Waals surface area contributed by atoms with Gasteiger partial charge in [-0.05, 0) is 93.0 Å². The molecular weight excluding hydrogens is 653 g/mol. The summed E-state index contributed by atoms with van der Waals surface area (Å²) in [6, 6.07) is 67.9. The molecule has 8 aromatic carbocycles. The van der Waals surface area contributed by atoms with Crippen LogP contribution in [0, 0.1) is 5.92 Å². The molecule has 0 saturated carbocycles. The smallest absolute Gasteiger partial charge is 0.0567 e. The molecule has 2 unspecified atom stereocenters. The summed E-state index contributed by atoms with van der Waals surface area (Å²) in [5.74, 6) is 0.607. The van der Waals surface area contributed by atoms with Crippen LogP contribution in [0.2, 0.25) is 0 Å². The maximum atomic E-state index is 2.43. The van der Waals surface area contributed by atoms with E-state index in [4.69, 9.17) is 0 Å². The second-order valence-electron chi connectivity index (χ2n) is 14.3. The summed E-state index contributed by atoms with van der Waals surface area (Å²) in [6.07, 6.45) is 7.13. The fourth-order valence-corrected chi connectivity index (χ4v) is 8.08. The Balaban J connectivity index is 1.01. The van der Waals surface area contributed by atoms with E-state index in [1.54, 1.807) is 0 Å². The van der Waals surface area contributed by atoms with Crippen LogP contribution in [0.1, 0.15) is 18.4 Å². The van der Waals surface area contributed by atoms with Crippen LogP contribution in [0.4, 0.5) is 22.7 Å². The monoisotopic (exact) mass is 694 g/mol. The first kappa shape index (κ1) is 33.2. The van der Waals surface area contributed by atoms with E-state index in [0.717, 1.165) is 17.1 Å². The highest BCUT2D eigenvalue weighted by Crippen LogP contribution is 2.41. The molecule has 0 fully saturated rings. The number of nitrogens with zero attached hydrogens (tertiary/aromatic N) is 2. The molecule has 9 rings (SSSR count). The van der Waals surface area contributed by atoms with Crippen molar-refractivity contribution in [3.63, 3.8) is 0 Å². The van der Waals surface area contributed by atoms with E-state index in [1.807, 2.05) is 0 Å². The Bertz CT molecular complexity index is 2470. The molecule has 0 heterocycles. The van der Waals surface area contributed by atoms with Gasteiger partial charge in [0.2, 0.25) is 0 Å². The number of allylic oxidation sites excluding steroid dienone is 3. The number of rotatable bonds is 8. The summed E-state index contributed by atoms with van der Waals surface area (Å²) in [7, 11) is 2.21. The highest BCUT2D eigenvalue weighted by Gasteiger charge is 2.23. The number of hydrogen-bond donors (Lipinski definition) is 0. The SMILES string of the molecule is CC1C=C(N(C)c2c3ccccc3cc3ccccc23)C=CC1c1ccc(N(c2ccc(-c3ccccc3)cc2)c2ccc(-c3ccccc3)cc2)cc1. The Morgan fingerprint density at radius 3 is 1.35 bits per heavy atom. The van der Waals surface area contributed by atoms with Gasteiger partial charge in [0.15, 0.2) is 0 Å². The predicted octanol–water partition coefficient (Wildman–Crippen LogP) is 14.1. The van der Waals surface area contributed by atoms with Gasteiger partial charge in [-0.3, -0.25) is 0 Å². The van der Waals surface area contributed by atoms with Gasteiger partial charge in [0.25, 0.3) is 0 Å². The molecule has 1 aliphatic carbocycles. The number of benzene rings is 8. The predicted molar refractivity (Wildman–Crippen MR) is 231 cm³/mol. The van der Waals surface area contributed by atoms with Crippen molar-refractivity contribution in [2.75, 3.05) is 16.8 Å². The Morgan fingerprint density at radius 2 is 0.870 bits per heavy atom. The first-order valence-corrected chi connectivity index (χ1v) is 18.9. The van der Waals surface area contributed by atoms with E-state index in [9.17, 15) is 0 Å². The molecule has 8 aromatic rings. The van der Waals surface area contributed by atoms with E-state index >= 15 is 0 Å². The quantitative estimate of drug-likeness (QED) is 0.146. The summed E-state index contributed by atoms with van der Waals surface area (Å²) in [5, 5.41) is 5.07. The molecule has 0 amide bonds. The number of anilines is 4. The van der Waals surface area contributed by atoms with E-state index in [-0.39, 0.29) is 5.92 Å². The standard InChI is InChI=1S/C52H42N2/c1-37-35-48(53(2)52-50-19-11-9-17-43(50)36-44-18-10-12-20-51(44)52)33-34-49(37)42-25-31-47(32-26-42)54(45-27-21-40(22-28-45)38-13-5-3-6-14-38)46-29-23-41(24-30-46)39-15-7-4-8-16-39/h3-37,49H,1-2H3. The molecule has 2 heteroatoms. The second kappa shape index (κ2) is 14.4. The maximum Gasteiger partial charge on any atom is 0.0567 e. The molecule has 54 heavy (non-hydrogen) atoms. The topological polar surface area (TPSA) is 6.48 Å². The van der Waals surface area contributed by atoms with Gasteiger partial charge in [0, 0.05) is 46.5 Å². The van der Waals surface area contributed by atoms with Gasteiger partial charge in [0.1, 0.15) is 0 Å². The molecule has 260 valence electrons. The van der Waals surface area contributed by atoms with Crippen molar-refractivity contribution < 1.29 is 0 Å². The normalized spacial score (nSPS) is 15.3. The van der Waals surface area contributed by atoms with Gasteiger partial charge < -0.3 is 9.80 Å². The fraction of sp³-hybridized carbons (Fsp3) is 0.0769. The molecule has 0 N–H and O–H groups in total. The highest BCUT2D eigenvalue weighted by atomic mass is 15.1. The minimum absolute atomic E-state index is 0.282. The molecule has 0 spiro atoms. The first-order chi connectivity index (χ1) is 26.6. The van der Waals surface area contributed by atoms with Crippen LogP contribution in [0.15, 0.2) is 212 Å². The van der Waals surface area contributed by atoms with E-state index in [2.05, 4.69) is 230 Å². The van der Waals surface area contributed by atoms with Crippen molar-refractivity contribution in [2.24, 2.45) is 5.92 Å². The summed E-state index contributed by atoms with van der Waals surface area (Å²) >= 11 is 0. The zero-order chi connectivity index (χ0) is 36.4. The van der Waals surface area contributed by atoms with Crippen molar-refractivity contribution in [2.45, 2.75) is 12.8 Å². The van der Waals surface area contributed by atoms with Gasteiger partial charge in [-0.1, -0.05) is 165 Å². The number of hydrogen-bond acceptors (Lipinski definition) is 2. The molecule has 0 aromatic heterocycles. The summed E-state index contributed by atoms with van der Waals surface area (Å²) < 4.78 is 0. The fourth-order valence-electron chi connectivity index (χ4n) is 8.08. The zero-order valence-electron chi connectivity index (χ0n) is 30.7. The van der Waals surface area contributed by atoms with Crippen molar-refractivity contribution in [3.8, 4) is 22.3 Å². The van der Waals surface area contributed by atoms with Crippen LogP contribution in [-0.4, -0.2) is 7.05 Å². The lowest BCUT2D eigenvalue weighted by atomic mass is 9.83. The molecule has 0 aliphatic heterocycles. The minimum atomic E-state index is 0.282. The Kier molecular flexibility index (Phi) is 8.86. The van der Waals surface area contributed by atoms with Crippen molar-refractivity contribution in [1.29, 1.82) is 0 Å². The largest absolute Gasteiger partial charge is 0.344 e. The van der Waals surface area contributed by atoms with Crippen LogP contribution < -0.4 is 9.80 Å². The van der Waals surface area contributed by atoms with Crippen molar-refractivity contribution in [3.05, 3.63) is 218 Å². The van der Waals surface area contributed by atoms with Crippen molar-refractivity contribution in [1.82, 2.24) is 0 Å². The van der Waals surface area contributed by atoms with Crippen LogP contribution in [0.5, 0.6) is 0 Å². The van der Waals surface area contributed by atoms with Crippen LogP contribution in [-0.2, 0) is 0 Å². The lowest BCUT2D eigenvalue weighted by Crippen LogP contribution is -2.20. The van der Waals surface area contributed by atoms with Gasteiger partial charge >= 0.3 is 0 Å². The van der Waals surface area contributed by atoms with Crippen LogP contribution in [0.25, 0.3) is 43.8 Å². The lowest BCUT2D eigenvalue weighted by molar-refractivity contribution is 0.627. The number of likely N-dealkylation sites (N-methyl/N-ethyl adjacent to an activating group) is 1. The number of fused-ring (bicyclic) bond motifs is 2. The molecule has 2 nitrogen and oxygen atoms in total. The summed E-state index contributed by atoms with van der Waals surface area (Å²) in [5.41, 5.74) is 12.0. The van der Waals surface area contributed by atoms with E-state index in [0.29, 0.717) is 5.92 Å². The zero-order valence-corrected chi connectivity index (χ0v) is 30.7. The first-order valence-electron chi connectivity index (χ1n) is 18.9. The Morgan fingerprint density at radius 1 is 0.444 bits per heavy atom. The maximum absolute atomic E-state index is 2.43. The molecule has 0 saturated heterocycles.